The monoisotopic (exact) mass is 412 g/mol. The molecule has 0 radical (unpaired) electrons. The second-order valence-corrected chi connectivity index (χ2v) is 7.82. The predicted molar refractivity (Wildman–Crippen MR) is 114 cm³/mol. The van der Waals surface area contributed by atoms with Crippen LogP contribution in [0.25, 0.3) is 11.5 Å². The largest absolute Gasteiger partial charge is 0.422 e. The van der Waals surface area contributed by atoms with E-state index in [1.54, 1.807) is 12.1 Å². The van der Waals surface area contributed by atoms with Gasteiger partial charge in [0, 0.05) is 36.8 Å². The Hall–Kier alpha value is -2.41. The summed E-state index contributed by atoms with van der Waals surface area (Å²) in [5.41, 5.74) is 2.11. The number of hydrogen-bond acceptors (Lipinski definition) is 6. The standard InChI is InChI=1S/C22H25ClN4O2/c1-26-13-15-27(16-14-26)12-2-3-17-4-10-20(11-5-17)28-22-24-21(29-25-22)18-6-8-19(23)9-7-18/h4-11H,2-3,12-16H2,1H3. The van der Waals surface area contributed by atoms with E-state index in [4.69, 9.17) is 20.9 Å². The van der Waals surface area contributed by atoms with Gasteiger partial charge in [0.1, 0.15) is 5.75 Å². The number of likely N-dealkylation sites (N-methyl/N-ethyl adjacent to an activating group) is 1. The minimum atomic E-state index is 0.192. The maximum atomic E-state index is 5.91. The Bertz CT molecular complexity index is 903. The van der Waals surface area contributed by atoms with Crippen molar-refractivity contribution >= 4 is 11.6 Å². The summed E-state index contributed by atoms with van der Waals surface area (Å²) in [7, 11) is 2.19. The molecule has 1 aliphatic rings. The summed E-state index contributed by atoms with van der Waals surface area (Å²) in [5, 5.41) is 4.55. The molecule has 0 bridgehead atoms. The number of hydrogen-bond donors (Lipinski definition) is 0. The molecule has 0 spiro atoms. The fraction of sp³-hybridized carbons (Fsp3) is 0.364. The average molecular weight is 413 g/mol. The van der Waals surface area contributed by atoms with Crippen LogP contribution in [0.2, 0.25) is 5.02 Å². The summed E-state index contributed by atoms with van der Waals surface area (Å²) in [5.74, 6) is 1.09. The van der Waals surface area contributed by atoms with Crippen LogP contribution in [0.15, 0.2) is 53.1 Å². The van der Waals surface area contributed by atoms with E-state index in [9.17, 15) is 0 Å². The number of rotatable bonds is 7. The highest BCUT2D eigenvalue weighted by Gasteiger charge is 2.13. The van der Waals surface area contributed by atoms with Crippen molar-refractivity contribution in [2.75, 3.05) is 39.8 Å². The molecule has 2 heterocycles. The fourth-order valence-electron chi connectivity index (χ4n) is 3.37. The van der Waals surface area contributed by atoms with Gasteiger partial charge in [-0.25, -0.2) is 0 Å². The molecule has 0 atom stereocenters. The number of nitrogens with zero attached hydrogens (tertiary/aromatic N) is 4. The van der Waals surface area contributed by atoms with Crippen molar-refractivity contribution in [3.05, 3.63) is 59.1 Å². The third-order valence-electron chi connectivity index (χ3n) is 5.17. The van der Waals surface area contributed by atoms with Crippen molar-refractivity contribution in [3.8, 4) is 23.2 Å². The first-order valence-electron chi connectivity index (χ1n) is 9.93. The predicted octanol–water partition coefficient (Wildman–Crippen LogP) is 4.36. The van der Waals surface area contributed by atoms with Gasteiger partial charge < -0.3 is 19.1 Å². The van der Waals surface area contributed by atoms with Gasteiger partial charge in [-0.2, -0.15) is 4.98 Å². The first-order valence-corrected chi connectivity index (χ1v) is 10.3. The van der Waals surface area contributed by atoms with Crippen LogP contribution >= 0.6 is 11.6 Å². The molecule has 1 aliphatic heterocycles. The van der Waals surface area contributed by atoms with E-state index in [-0.39, 0.29) is 6.01 Å². The average Bonchev–Trinajstić information content (AvgIpc) is 3.20. The second-order valence-electron chi connectivity index (χ2n) is 7.38. The number of piperazine rings is 1. The van der Waals surface area contributed by atoms with Gasteiger partial charge in [0.15, 0.2) is 0 Å². The van der Waals surface area contributed by atoms with Crippen LogP contribution in [0.3, 0.4) is 0 Å². The lowest BCUT2D eigenvalue weighted by atomic mass is 10.1. The van der Waals surface area contributed by atoms with Crippen LogP contribution in [0.1, 0.15) is 12.0 Å². The van der Waals surface area contributed by atoms with Crippen LogP contribution in [0.5, 0.6) is 11.8 Å². The van der Waals surface area contributed by atoms with Crippen LogP contribution < -0.4 is 4.74 Å². The molecule has 0 amide bonds. The van der Waals surface area contributed by atoms with Crippen LogP contribution in [0, 0.1) is 0 Å². The molecule has 3 aromatic rings. The minimum Gasteiger partial charge on any atom is -0.422 e. The number of halogens is 1. The molecule has 29 heavy (non-hydrogen) atoms. The molecule has 1 saturated heterocycles. The Morgan fingerprint density at radius 3 is 2.45 bits per heavy atom. The third kappa shape index (κ3) is 5.56. The molecule has 4 rings (SSSR count). The second kappa shape index (κ2) is 9.39. The van der Waals surface area contributed by atoms with Gasteiger partial charge in [-0.1, -0.05) is 23.7 Å². The number of ether oxygens (including phenoxy) is 1. The Kier molecular flexibility index (Phi) is 6.44. The topological polar surface area (TPSA) is 54.6 Å². The minimum absolute atomic E-state index is 0.192. The zero-order valence-electron chi connectivity index (χ0n) is 16.6. The summed E-state index contributed by atoms with van der Waals surface area (Å²) < 4.78 is 11.0. The summed E-state index contributed by atoms with van der Waals surface area (Å²) in [4.78, 5) is 9.22. The molecular formula is C22H25ClN4O2. The number of benzene rings is 2. The van der Waals surface area contributed by atoms with Crippen LogP contribution in [-0.2, 0) is 6.42 Å². The quantitative estimate of drug-likeness (QED) is 0.574. The Balaban J connectivity index is 1.27. The first-order chi connectivity index (χ1) is 14.2. The van der Waals surface area contributed by atoms with Crippen LogP contribution in [-0.4, -0.2) is 59.7 Å². The normalized spacial score (nSPS) is 15.5. The summed E-state index contributed by atoms with van der Waals surface area (Å²) >= 11 is 5.91. The molecule has 2 aromatic carbocycles. The van der Waals surface area contributed by atoms with E-state index in [1.165, 1.54) is 38.2 Å². The van der Waals surface area contributed by atoms with Gasteiger partial charge in [-0.05, 0) is 73.6 Å². The SMILES string of the molecule is CN1CCN(CCCc2ccc(Oc3noc(-c4ccc(Cl)cc4)n3)cc2)CC1. The third-order valence-corrected chi connectivity index (χ3v) is 5.42. The van der Waals surface area contributed by atoms with Gasteiger partial charge in [0.05, 0.1) is 0 Å². The van der Waals surface area contributed by atoms with Gasteiger partial charge in [-0.15, -0.1) is 0 Å². The molecule has 152 valence electrons. The molecule has 0 N–H and O–H groups in total. The molecular weight excluding hydrogens is 388 g/mol. The highest BCUT2D eigenvalue weighted by Crippen LogP contribution is 2.24. The van der Waals surface area contributed by atoms with Gasteiger partial charge in [0.25, 0.3) is 5.89 Å². The van der Waals surface area contributed by atoms with Crippen molar-refractivity contribution in [2.24, 2.45) is 0 Å². The van der Waals surface area contributed by atoms with Crippen molar-refractivity contribution in [1.29, 1.82) is 0 Å². The smallest absolute Gasteiger partial charge is 0.360 e. The zero-order valence-corrected chi connectivity index (χ0v) is 17.3. The van der Waals surface area contributed by atoms with E-state index >= 15 is 0 Å². The van der Waals surface area contributed by atoms with E-state index in [0.29, 0.717) is 16.7 Å². The number of aryl methyl sites for hydroxylation is 1. The summed E-state index contributed by atoms with van der Waals surface area (Å²) in [6, 6.07) is 15.5. The van der Waals surface area contributed by atoms with E-state index < -0.39 is 0 Å². The zero-order chi connectivity index (χ0) is 20.1. The molecule has 0 aliphatic carbocycles. The molecule has 6 nitrogen and oxygen atoms in total. The van der Waals surface area contributed by atoms with E-state index in [1.807, 2.05) is 24.3 Å². The molecule has 1 fully saturated rings. The Morgan fingerprint density at radius 1 is 1.00 bits per heavy atom. The first kappa shape index (κ1) is 19.9. The fourth-order valence-corrected chi connectivity index (χ4v) is 3.49. The maximum Gasteiger partial charge on any atom is 0.360 e. The van der Waals surface area contributed by atoms with Crippen molar-refractivity contribution in [3.63, 3.8) is 0 Å². The van der Waals surface area contributed by atoms with Crippen molar-refractivity contribution < 1.29 is 9.26 Å². The molecule has 1 aromatic heterocycles. The van der Waals surface area contributed by atoms with Gasteiger partial charge in [0.2, 0.25) is 0 Å². The van der Waals surface area contributed by atoms with Gasteiger partial charge >= 0.3 is 6.01 Å². The highest BCUT2D eigenvalue weighted by atomic mass is 35.5. The lowest BCUT2D eigenvalue weighted by Crippen LogP contribution is -2.44. The Labute approximate surface area is 176 Å². The highest BCUT2D eigenvalue weighted by molar-refractivity contribution is 6.30. The summed E-state index contributed by atoms with van der Waals surface area (Å²) in [6.45, 7) is 5.84. The van der Waals surface area contributed by atoms with Crippen LogP contribution in [0.4, 0.5) is 0 Å². The number of aromatic nitrogens is 2. The maximum absolute atomic E-state index is 5.91. The van der Waals surface area contributed by atoms with Crippen molar-refractivity contribution in [1.82, 2.24) is 19.9 Å². The Morgan fingerprint density at radius 2 is 1.72 bits per heavy atom. The molecule has 7 heteroatoms. The van der Waals surface area contributed by atoms with E-state index in [0.717, 1.165) is 18.5 Å². The molecule has 0 saturated carbocycles. The lowest BCUT2D eigenvalue weighted by Gasteiger charge is -2.32. The van der Waals surface area contributed by atoms with Crippen molar-refractivity contribution in [2.45, 2.75) is 12.8 Å². The summed E-state index contributed by atoms with van der Waals surface area (Å²) in [6.07, 6.45) is 2.23. The van der Waals surface area contributed by atoms with Gasteiger partial charge in [-0.3, -0.25) is 0 Å². The molecule has 0 unspecified atom stereocenters. The van der Waals surface area contributed by atoms with E-state index in [2.05, 4.69) is 39.1 Å². The lowest BCUT2D eigenvalue weighted by molar-refractivity contribution is 0.153.